The number of hydrogen-bond donors (Lipinski definition) is 1. The number of ether oxygens (including phenoxy) is 2. The number of methoxy groups -OCH3 is 1. The molecule has 1 aromatic heterocycles. The van der Waals surface area contributed by atoms with Gasteiger partial charge < -0.3 is 14.8 Å². The van der Waals surface area contributed by atoms with Crippen LogP contribution in [0.25, 0.3) is 0 Å². The van der Waals surface area contributed by atoms with E-state index in [9.17, 15) is 4.79 Å². The van der Waals surface area contributed by atoms with E-state index in [1.807, 2.05) is 44.2 Å². The maximum Gasteiger partial charge on any atom is 0.223 e. The third kappa shape index (κ3) is 4.98. The molecule has 5 heteroatoms. The molecule has 0 saturated carbocycles. The van der Waals surface area contributed by atoms with E-state index < -0.39 is 0 Å². The quantitative estimate of drug-likeness (QED) is 0.807. The van der Waals surface area contributed by atoms with Crippen molar-refractivity contribution >= 4 is 5.91 Å². The summed E-state index contributed by atoms with van der Waals surface area (Å²) in [5.74, 6) is 1.40. The first-order chi connectivity index (χ1) is 11.6. The van der Waals surface area contributed by atoms with Crippen LogP contribution in [0.15, 0.2) is 42.7 Å². The molecule has 0 saturated heterocycles. The zero-order valence-corrected chi connectivity index (χ0v) is 14.4. The van der Waals surface area contributed by atoms with E-state index in [1.165, 1.54) is 0 Å². The van der Waals surface area contributed by atoms with Crippen LogP contribution < -0.4 is 14.8 Å². The summed E-state index contributed by atoms with van der Waals surface area (Å²) >= 11 is 0. The highest BCUT2D eigenvalue weighted by molar-refractivity contribution is 5.78. The Morgan fingerprint density at radius 3 is 2.75 bits per heavy atom. The van der Waals surface area contributed by atoms with Crippen LogP contribution >= 0.6 is 0 Å². The third-order valence-corrected chi connectivity index (χ3v) is 3.87. The average Bonchev–Trinajstić information content (AvgIpc) is 2.64. The number of amides is 1. The maximum absolute atomic E-state index is 11.9. The molecule has 5 nitrogen and oxygen atoms in total. The number of carbonyl (C=O) groups is 1. The summed E-state index contributed by atoms with van der Waals surface area (Å²) in [5, 5.41) is 2.93. The Hall–Kier alpha value is -2.56. The van der Waals surface area contributed by atoms with Gasteiger partial charge in [-0.2, -0.15) is 0 Å². The van der Waals surface area contributed by atoms with Crippen molar-refractivity contribution in [2.24, 2.45) is 5.92 Å². The predicted octanol–water partition coefficient (Wildman–Crippen LogP) is 3.33. The number of nitrogens with one attached hydrogen (secondary N) is 1. The normalized spacial score (nSPS) is 11.6. The molecule has 0 aliphatic carbocycles. The van der Waals surface area contributed by atoms with Gasteiger partial charge in [-0.15, -0.1) is 0 Å². The first kappa shape index (κ1) is 17.8. The Morgan fingerprint density at radius 1 is 1.25 bits per heavy atom. The highest BCUT2D eigenvalue weighted by Gasteiger charge is 2.11. The Morgan fingerprint density at radius 2 is 2.08 bits per heavy atom. The number of pyridine rings is 1. The molecule has 1 atom stereocenters. The molecule has 0 aliphatic heterocycles. The molecular formula is C19H24N2O3. The molecule has 128 valence electrons. The molecule has 1 N–H and O–H groups in total. The van der Waals surface area contributed by atoms with Gasteiger partial charge in [0.15, 0.2) is 11.5 Å². The Labute approximate surface area is 143 Å². The topological polar surface area (TPSA) is 60.5 Å². The Bertz CT molecular complexity index is 659. The van der Waals surface area contributed by atoms with E-state index >= 15 is 0 Å². The highest BCUT2D eigenvalue weighted by Crippen LogP contribution is 2.28. The molecule has 1 amide bonds. The molecule has 2 aromatic rings. The predicted molar refractivity (Wildman–Crippen MR) is 92.9 cm³/mol. The second-order valence-corrected chi connectivity index (χ2v) is 5.66. The van der Waals surface area contributed by atoms with Crippen LogP contribution in [-0.2, 0) is 17.9 Å². The van der Waals surface area contributed by atoms with Crippen molar-refractivity contribution < 1.29 is 14.3 Å². The van der Waals surface area contributed by atoms with Crippen molar-refractivity contribution in [2.75, 3.05) is 7.11 Å². The van der Waals surface area contributed by atoms with Crippen LogP contribution in [0.5, 0.6) is 11.5 Å². The van der Waals surface area contributed by atoms with Gasteiger partial charge in [0, 0.05) is 30.4 Å². The molecule has 1 heterocycles. The van der Waals surface area contributed by atoms with Gasteiger partial charge in [-0.05, 0) is 30.2 Å². The monoisotopic (exact) mass is 328 g/mol. The molecule has 2 rings (SSSR count). The van der Waals surface area contributed by atoms with Gasteiger partial charge in [-0.25, -0.2) is 0 Å². The summed E-state index contributed by atoms with van der Waals surface area (Å²) in [4.78, 5) is 15.9. The molecule has 0 aliphatic rings. The van der Waals surface area contributed by atoms with Gasteiger partial charge >= 0.3 is 0 Å². The molecule has 0 fully saturated rings. The fourth-order valence-electron chi connectivity index (χ4n) is 2.13. The number of rotatable bonds is 8. The van der Waals surface area contributed by atoms with Crippen LogP contribution in [0.3, 0.4) is 0 Å². The average molecular weight is 328 g/mol. The Kier molecular flexibility index (Phi) is 6.61. The van der Waals surface area contributed by atoms with Crippen LogP contribution in [0.1, 0.15) is 31.4 Å². The lowest BCUT2D eigenvalue weighted by atomic mass is 10.1. The lowest BCUT2D eigenvalue weighted by molar-refractivity contribution is -0.124. The smallest absolute Gasteiger partial charge is 0.223 e. The first-order valence-electron chi connectivity index (χ1n) is 8.10. The molecular weight excluding hydrogens is 304 g/mol. The summed E-state index contributed by atoms with van der Waals surface area (Å²) in [5.41, 5.74) is 1.96. The zero-order valence-electron chi connectivity index (χ0n) is 14.4. The van der Waals surface area contributed by atoms with Crippen molar-refractivity contribution in [1.82, 2.24) is 10.3 Å². The van der Waals surface area contributed by atoms with E-state index in [2.05, 4.69) is 10.3 Å². The Balaban J connectivity index is 1.98. The second-order valence-electron chi connectivity index (χ2n) is 5.66. The van der Waals surface area contributed by atoms with Crippen molar-refractivity contribution in [3.05, 3.63) is 53.9 Å². The SMILES string of the molecule is CC[C@@H](C)C(=O)NCc1ccc(OCc2cccnc2)c(OC)c1. The minimum atomic E-state index is 0.0222. The summed E-state index contributed by atoms with van der Waals surface area (Å²) in [6, 6.07) is 9.50. The summed E-state index contributed by atoms with van der Waals surface area (Å²) in [6.45, 7) is 4.82. The first-order valence-corrected chi connectivity index (χ1v) is 8.10. The second kappa shape index (κ2) is 8.91. The van der Waals surface area contributed by atoms with Gasteiger partial charge in [0.2, 0.25) is 5.91 Å². The van der Waals surface area contributed by atoms with E-state index in [0.717, 1.165) is 17.5 Å². The van der Waals surface area contributed by atoms with E-state index in [-0.39, 0.29) is 11.8 Å². The van der Waals surface area contributed by atoms with Gasteiger partial charge in [0.25, 0.3) is 0 Å². The number of nitrogens with zero attached hydrogens (tertiary/aromatic N) is 1. The molecule has 0 bridgehead atoms. The summed E-state index contributed by atoms with van der Waals surface area (Å²) in [6.07, 6.45) is 4.33. The maximum atomic E-state index is 11.9. The third-order valence-electron chi connectivity index (χ3n) is 3.87. The number of benzene rings is 1. The van der Waals surface area contributed by atoms with Crippen LogP contribution in [0.2, 0.25) is 0 Å². The lowest BCUT2D eigenvalue weighted by Crippen LogP contribution is -2.28. The number of aromatic nitrogens is 1. The zero-order chi connectivity index (χ0) is 17.4. The number of carbonyl (C=O) groups excluding carboxylic acids is 1. The minimum Gasteiger partial charge on any atom is -0.493 e. The number of hydrogen-bond acceptors (Lipinski definition) is 4. The van der Waals surface area contributed by atoms with Gasteiger partial charge in [0.1, 0.15) is 6.61 Å². The van der Waals surface area contributed by atoms with E-state index in [4.69, 9.17) is 9.47 Å². The van der Waals surface area contributed by atoms with E-state index in [1.54, 1.807) is 19.5 Å². The standard InChI is InChI=1S/C19H24N2O3/c1-4-14(2)19(22)21-12-15-7-8-17(18(10-15)23-3)24-13-16-6-5-9-20-11-16/h5-11,14H,4,12-13H2,1-3H3,(H,21,22)/t14-/m1/s1. The molecule has 0 radical (unpaired) electrons. The minimum absolute atomic E-state index is 0.0222. The van der Waals surface area contributed by atoms with Crippen molar-refractivity contribution in [3.63, 3.8) is 0 Å². The van der Waals surface area contributed by atoms with Gasteiger partial charge in [0.05, 0.1) is 7.11 Å². The van der Waals surface area contributed by atoms with Crippen molar-refractivity contribution in [2.45, 2.75) is 33.4 Å². The van der Waals surface area contributed by atoms with Crippen LogP contribution in [-0.4, -0.2) is 18.0 Å². The van der Waals surface area contributed by atoms with Gasteiger partial charge in [-0.1, -0.05) is 26.0 Å². The van der Waals surface area contributed by atoms with Gasteiger partial charge in [-0.3, -0.25) is 9.78 Å². The van der Waals surface area contributed by atoms with E-state index in [0.29, 0.717) is 24.7 Å². The largest absolute Gasteiger partial charge is 0.493 e. The fourth-order valence-corrected chi connectivity index (χ4v) is 2.13. The molecule has 1 aromatic carbocycles. The van der Waals surface area contributed by atoms with Crippen LogP contribution in [0.4, 0.5) is 0 Å². The fraction of sp³-hybridized carbons (Fsp3) is 0.368. The summed E-state index contributed by atoms with van der Waals surface area (Å²) in [7, 11) is 1.60. The van der Waals surface area contributed by atoms with Crippen molar-refractivity contribution in [1.29, 1.82) is 0 Å². The summed E-state index contributed by atoms with van der Waals surface area (Å²) < 4.78 is 11.2. The highest BCUT2D eigenvalue weighted by atomic mass is 16.5. The van der Waals surface area contributed by atoms with Crippen LogP contribution in [0, 0.1) is 5.92 Å². The lowest BCUT2D eigenvalue weighted by Gasteiger charge is -2.13. The molecule has 24 heavy (non-hydrogen) atoms. The molecule has 0 unspecified atom stereocenters. The van der Waals surface area contributed by atoms with Crippen molar-refractivity contribution in [3.8, 4) is 11.5 Å². The molecule has 0 spiro atoms.